The maximum Gasteiger partial charge on any atom is 0.262 e. The highest BCUT2D eigenvalue weighted by Crippen LogP contribution is 2.16. The smallest absolute Gasteiger partial charge is 0.262 e. The number of methoxy groups -OCH3 is 1. The molecule has 3 rings (SSSR count). The average molecular weight is 251 g/mol. The molecule has 0 fully saturated rings. The Morgan fingerprint density at radius 3 is 2.68 bits per heavy atom. The minimum atomic E-state index is -0.0219. The fraction of sp³-hybridized carbons (Fsp3) is 0.0625. The molecule has 0 radical (unpaired) electrons. The zero-order chi connectivity index (χ0) is 13.2. The maximum absolute atomic E-state index is 12.5. The van der Waals surface area contributed by atoms with E-state index in [4.69, 9.17) is 4.74 Å². The van der Waals surface area contributed by atoms with Crippen molar-refractivity contribution in [2.45, 2.75) is 0 Å². The van der Waals surface area contributed by atoms with Crippen LogP contribution in [0.25, 0.3) is 16.5 Å². The summed E-state index contributed by atoms with van der Waals surface area (Å²) in [6.45, 7) is 0. The third-order valence-corrected chi connectivity index (χ3v) is 3.14. The van der Waals surface area contributed by atoms with Crippen LogP contribution in [0.2, 0.25) is 0 Å². The van der Waals surface area contributed by atoms with Crippen LogP contribution in [0.1, 0.15) is 0 Å². The van der Waals surface area contributed by atoms with Gasteiger partial charge in [0, 0.05) is 17.6 Å². The van der Waals surface area contributed by atoms with E-state index in [2.05, 4.69) is 0 Å². The molecule has 0 spiro atoms. The minimum absolute atomic E-state index is 0.0219. The molecule has 19 heavy (non-hydrogen) atoms. The average Bonchev–Trinajstić information content (AvgIpc) is 2.48. The largest absolute Gasteiger partial charge is 0.497 e. The van der Waals surface area contributed by atoms with Crippen LogP contribution < -0.4 is 10.3 Å². The Morgan fingerprint density at radius 2 is 1.84 bits per heavy atom. The second-order valence-corrected chi connectivity index (χ2v) is 4.28. The van der Waals surface area contributed by atoms with Gasteiger partial charge in [-0.15, -0.1) is 0 Å². The van der Waals surface area contributed by atoms with Gasteiger partial charge in [0.25, 0.3) is 5.56 Å². The molecule has 0 unspecified atom stereocenters. The highest BCUT2D eigenvalue weighted by Gasteiger charge is 2.04. The van der Waals surface area contributed by atoms with Crippen molar-refractivity contribution in [3.05, 3.63) is 71.1 Å². The van der Waals surface area contributed by atoms with Gasteiger partial charge in [-0.1, -0.05) is 24.3 Å². The summed E-state index contributed by atoms with van der Waals surface area (Å²) in [5.41, 5.74) is 0.779. The first-order chi connectivity index (χ1) is 9.29. The number of rotatable bonds is 2. The molecule has 94 valence electrons. The van der Waals surface area contributed by atoms with Crippen molar-refractivity contribution < 1.29 is 4.74 Å². The second kappa shape index (κ2) is 4.61. The van der Waals surface area contributed by atoms with Gasteiger partial charge in [-0.3, -0.25) is 9.36 Å². The molecule has 0 aliphatic heterocycles. The first-order valence-corrected chi connectivity index (χ1v) is 6.04. The van der Waals surface area contributed by atoms with Crippen molar-refractivity contribution in [2.75, 3.05) is 7.11 Å². The van der Waals surface area contributed by atoms with Crippen LogP contribution in [0.15, 0.2) is 65.6 Å². The van der Waals surface area contributed by atoms with Crippen LogP contribution >= 0.6 is 0 Å². The van der Waals surface area contributed by atoms with Crippen molar-refractivity contribution in [3.63, 3.8) is 0 Å². The fourth-order valence-corrected chi connectivity index (χ4v) is 2.15. The van der Waals surface area contributed by atoms with E-state index < -0.39 is 0 Å². The summed E-state index contributed by atoms with van der Waals surface area (Å²) in [5.74, 6) is 0.734. The fourth-order valence-electron chi connectivity index (χ4n) is 2.15. The van der Waals surface area contributed by atoms with Gasteiger partial charge in [-0.25, -0.2) is 0 Å². The third-order valence-electron chi connectivity index (χ3n) is 3.14. The van der Waals surface area contributed by atoms with E-state index in [9.17, 15) is 4.79 Å². The Labute approximate surface area is 110 Å². The van der Waals surface area contributed by atoms with Crippen molar-refractivity contribution in [3.8, 4) is 11.4 Å². The van der Waals surface area contributed by atoms with Crippen LogP contribution in [0.3, 0.4) is 0 Å². The Morgan fingerprint density at radius 1 is 1.00 bits per heavy atom. The van der Waals surface area contributed by atoms with Gasteiger partial charge in [0.1, 0.15) is 5.75 Å². The van der Waals surface area contributed by atoms with Crippen LogP contribution in [0.5, 0.6) is 5.75 Å². The second-order valence-electron chi connectivity index (χ2n) is 4.28. The maximum atomic E-state index is 12.5. The van der Waals surface area contributed by atoms with E-state index in [1.54, 1.807) is 17.9 Å². The summed E-state index contributed by atoms with van der Waals surface area (Å²) >= 11 is 0. The monoisotopic (exact) mass is 251 g/mol. The lowest BCUT2D eigenvalue weighted by Gasteiger charge is -2.08. The number of hydrogen-bond donors (Lipinski definition) is 0. The number of benzene rings is 2. The van der Waals surface area contributed by atoms with Crippen LogP contribution in [0.4, 0.5) is 0 Å². The zero-order valence-corrected chi connectivity index (χ0v) is 10.5. The molecule has 3 aromatic rings. The predicted octanol–water partition coefficient (Wildman–Crippen LogP) is 3.00. The molecule has 0 saturated heterocycles. The SMILES string of the molecule is COc1cccc(-n2ccc3ccccc3c2=O)c1. The van der Waals surface area contributed by atoms with E-state index >= 15 is 0 Å². The number of ether oxygens (including phenoxy) is 1. The molecule has 2 aromatic carbocycles. The van der Waals surface area contributed by atoms with Crippen LogP contribution in [0, 0.1) is 0 Å². The lowest BCUT2D eigenvalue weighted by molar-refractivity contribution is 0.414. The quantitative estimate of drug-likeness (QED) is 0.701. The highest BCUT2D eigenvalue weighted by atomic mass is 16.5. The predicted molar refractivity (Wildman–Crippen MR) is 76.1 cm³/mol. The van der Waals surface area contributed by atoms with E-state index in [1.165, 1.54) is 0 Å². The number of hydrogen-bond acceptors (Lipinski definition) is 2. The summed E-state index contributed by atoms with van der Waals surface area (Å²) in [6.07, 6.45) is 1.79. The molecule has 0 bridgehead atoms. The molecule has 1 aromatic heterocycles. The molecular formula is C16H13NO2. The van der Waals surface area contributed by atoms with E-state index in [0.29, 0.717) is 5.39 Å². The Balaban J connectivity index is 2.25. The molecule has 0 aliphatic rings. The summed E-state index contributed by atoms with van der Waals surface area (Å²) in [4.78, 5) is 12.5. The Kier molecular flexibility index (Phi) is 2.80. The van der Waals surface area contributed by atoms with Crippen LogP contribution in [-0.2, 0) is 0 Å². The summed E-state index contributed by atoms with van der Waals surface area (Å²) in [6, 6.07) is 17.0. The van der Waals surface area contributed by atoms with Crippen molar-refractivity contribution in [1.82, 2.24) is 4.57 Å². The molecule has 3 nitrogen and oxygen atoms in total. The Hall–Kier alpha value is -2.55. The van der Waals surface area contributed by atoms with Crippen LogP contribution in [-0.4, -0.2) is 11.7 Å². The standard InChI is InChI=1S/C16H13NO2/c1-19-14-7-4-6-13(11-14)17-10-9-12-5-2-3-8-15(12)16(17)18/h2-11H,1H3. The summed E-state index contributed by atoms with van der Waals surface area (Å²) in [5, 5.41) is 1.67. The van der Waals surface area contributed by atoms with Gasteiger partial charge in [0.05, 0.1) is 12.8 Å². The zero-order valence-electron chi connectivity index (χ0n) is 10.5. The number of nitrogens with zero attached hydrogens (tertiary/aromatic N) is 1. The topological polar surface area (TPSA) is 31.2 Å². The number of aromatic nitrogens is 1. The lowest BCUT2D eigenvalue weighted by Crippen LogP contribution is -2.17. The molecule has 0 aliphatic carbocycles. The van der Waals surface area contributed by atoms with Gasteiger partial charge in [-0.05, 0) is 29.7 Å². The highest BCUT2D eigenvalue weighted by molar-refractivity contribution is 5.81. The van der Waals surface area contributed by atoms with Gasteiger partial charge in [0.15, 0.2) is 0 Å². The number of fused-ring (bicyclic) bond motifs is 1. The van der Waals surface area contributed by atoms with E-state index in [1.807, 2.05) is 54.6 Å². The Bertz CT molecular complexity index is 790. The van der Waals surface area contributed by atoms with Crippen molar-refractivity contribution in [2.24, 2.45) is 0 Å². The first kappa shape index (κ1) is 11.5. The van der Waals surface area contributed by atoms with Crippen molar-refractivity contribution >= 4 is 10.8 Å². The van der Waals surface area contributed by atoms with Gasteiger partial charge < -0.3 is 4.74 Å². The summed E-state index contributed by atoms with van der Waals surface area (Å²) < 4.78 is 6.82. The molecule has 3 heteroatoms. The molecule has 0 amide bonds. The molecule has 0 atom stereocenters. The van der Waals surface area contributed by atoms with Crippen molar-refractivity contribution in [1.29, 1.82) is 0 Å². The minimum Gasteiger partial charge on any atom is -0.497 e. The normalized spacial score (nSPS) is 10.6. The van der Waals surface area contributed by atoms with Gasteiger partial charge >= 0.3 is 0 Å². The molecular weight excluding hydrogens is 238 g/mol. The van der Waals surface area contributed by atoms with E-state index in [0.717, 1.165) is 16.8 Å². The lowest BCUT2D eigenvalue weighted by atomic mass is 10.1. The third kappa shape index (κ3) is 1.99. The number of pyridine rings is 1. The summed E-state index contributed by atoms with van der Waals surface area (Å²) in [7, 11) is 1.61. The molecule has 1 heterocycles. The van der Waals surface area contributed by atoms with Gasteiger partial charge in [-0.2, -0.15) is 0 Å². The first-order valence-electron chi connectivity index (χ1n) is 6.04. The van der Waals surface area contributed by atoms with Gasteiger partial charge in [0.2, 0.25) is 0 Å². The molecule has 0 saturated carbocycles. The van der Waals surface area contributed by atoms with E-state index in [-0.39, 0.29) is 5.56 Å². The molecule has 0 N–H and O–H groups in total.